The third kappa shape index (κ3) is 3.99. The summed E-state index contributed by atoms with van der Waals surface area (Å²) < 4.78 is 14.5. The first-order valence-corrected chi connectivity index (χ1v) is 8.14. The second kappa shape index (κ2) is 8.04. The molecule has 0 spiro atoms. The Balaban J connectivity index is 2.28. The molecule has 2 atom stereocenters. The zero-order valence-electron chi connectivity index (χ0n) is 15.0. The van der Waals surface area contributed by atoms with Crippen molar-refractivity contribution in [2.75, 3.05) is 13.7 Å². The van der Waals surface area contributed by atoms with Gasteiger partial charge in [0.05, 0.1) is 27.8 Å². The van der Waals surface area contributed by atoms with Gasteiger partial charge < -0.3 is 9.47 Å². The van der Waals surface area contributed by atoms with Crippen LogP contribution in [0, 0.1) is 0 Å². The number of esters is 1. The van der Waals surface area contributed by atoms with E-state index in [1.165, 1.54) is 0 Å². The minimum atomic E-state index is -0.363. The number of benzene rings is 1. The number of methoxy groups -OCH3 is 1. The van der Waals surface area contributed by atoms with E-state index in [0.717, 1.165) is 17.0 Å². The lowest BCUT2D eigenvalue weighted by Crippen LogP contribution is -2.52. The number of aromatic nitrogens is 2. The van der Waals surface area contributed by atoms with Crippen molar-refractivity contribution in [3.63, 3.8) is 0 Å². The number of carbonyl (C=O) groups excluding carboxylic acids is 1. The van der Waals surface area contributed by atoms with E-state index in [-0.39, 0.29) is 17.7 Å². The van der Waals surface area contributed by atoms with Crippen LogP contribution in [0.25, 0.3) is 0 Å². The van der Waals surface area contributed by atoms with Crippen LogP contribution in [0.2, 0.25) is 5.82 Å². The molecule has 1 heterocycles. The van der Waals surface area contributed by atoms with E-state index in [0.29, 0.717) is 6.61 Å². The van der Waals surface area contributed by atoms with Crippen molar-refractivity contribution in [3.8, 4) is 5.75 Å². The molecule has 1 aromatic heterocycles. The molecule has 2 unspecified atom stereocenters. The normalized spacial score (nSPS) is 13.4. The lowest BCUT2D eigenvalue weighted by atomic mass is 9.57. The van der Waals surface area contributed by atoms with Gasteiger partial charge in [0.2, 0.25) is 0 Å². The summed E-state index contributed by atoms with van der Waals surface area (Å²) in [5.41, 5.74) is 2.04. The van der Waals surface area contributed by atoms with Gasteiger partial charge in [0, 0.05) is 5.72 Å². The van der Waals surface area contributed by atoms with Crippen LogP contribution >= 0.6 is 0 Å². The van der Waals surface area contributed by atoms with E-state index in [1.54, 1.807) is 7.11 Å². The Bertz CT molecular complexity index is 663. The van der Waals surface area contributed by atoms with Gasteiger partial charge in [0.25, 0.3) is 5.97 Å². The van der Waals surface area contributed by atoms with Crippen molar-refractivity contribution >= 4 is 19.0 Å². The molecular weight excluding hydrogens is 303 g/mol. The molecular formula is C18H25BN2O3. The van der Waals surface area contributed by atoms with Gasteiger partial charge in [-0.1, -0.05) is 19.1 Å². The lowest BCUT2D eigenvalue weighted by molar-refractivity contribution is -0.653. The number of ether oxygens (including phenoxy) is 2. The molecule has 2 aromatic rings. The van der Waals surface area contributed by atoms with Crippen molar-refractivity contribution in [2.24, 2.45) is 14.1 Å². The van der Waals surface area contributed by atoms with Gasteiger partial charge in [-0.3, -0.25) is 13.9 Å². The molecule has 0 saturated heterocycles. The van der Waals surface area contributed by atoms with Crippen LogP contribution in [0.5, 0.6) is 5.75 Å². The molecule has 0 saturated carbocycles. The maximum atomic E-state index is 12.5. The molecule has 0 aliphatic rings. The average molecular weight is 328 g/mol. The SMILES string of the molecule is CCOC(=O)C([B-]c1n(C)cc[n+]1C)C(C)c1ccc(OC)cc1. The number of aryl methyl sites for hydroxylation is 2. The monoisotopic (exact) mass is 328 g/mol. The fourth-order valence-corrected chi connectivity index (χ4v) is 2.77. The number of nitrogens with zero attached hydrogens (tertiary/aromatic N) is 2. The molecule has 6 heteroatoms. The van der Waals surface area contributed by atoms with Gasteiger partial charge >= 0.3 is 0 Å². The topological polar surface area (TPSA) is 44.3 Å². The predicted molar refractivity (Wildman–Crippen MR) is 93.8 cm³/mol. The van der Waals surface area contributed by atoms with E-state index >= 15 is 0 Å². The van der Waals surface area contributed by atoms with Gasteiger partial charge in [-0.25, -0.2) is 0 Å². The van der Waals surface area contributed by atoms with E-state index in [4.69, 9.17) is 9.47 Å². The number of rotatable bonds is 7. The van der Waals surface area contributed by atoms with Gasteiger partial charge in [-0.15, -0.1) is 5.82 Å². The Morgan fingerprint density at radius 3 is 2.50 bits per heavy atom. The molecule has 0 bridgehead atoms. The van der Waals surface area contributed by atoms with Crippen molar-refractivity contribution in [2.45, 2.75) is 25.6 Å². The Morgan fingerprint density at radius 2 is 2.00 bits per heavy atom. The summed E-state index contributed by atoms with van der Waals surface area (Å²) in [6.45, 7) is 4.25. The zero-order chi connectivity index (χ0) is 17.7. The summed E-state index contributed by atoms with van der Waals surface area (Å²) in [4.78, 5) is 12.5. The predicted octanol–water partition coefficient (Wildman–Crippen LogP) is 1.34. The first-order valence-electron chi connectivity index (χ1n) is 8.14. The molecule has 24 heavy (non-hydrogen) atoms. The molecule has 0 aliphatic carbocycles. The maximum absolute atomic E-state index is 12.5. The molecule has 0 amide bonds. The lowest BCUT2D eigenvalue weighted by Gasteiger charge is -2.31. The fraction of sp³-hybridized carbons (Fsp3) is 0.444. The van der Waals surface area contributed by atoms with Gasteiger partial charge in [-0.05, 0) is 30.5 Å². The summed E-state index contributed by atoms with van der Waals surface area (Å²) in [7, 11) is 7.55. The van der Waals surface area contributed by atoms with Crippen LogP contribution in [-0.4, -0.2) is 31.5 Å². The highest BCUT2D eigenvalue weighted by molar-refractivity contribution is 6.56. The van der Waals surface area contributed by atoms with Crippen molar-refractivity contribution in [1.82, 2.24) is 4.57 Å². The van der Waals surface area contributed by atoms with Crippen LogP contribution in [-0.2, 0) is 23.6 Å². The Hall–Kier alpha value is -2.24. The van der Waals surface area contributed by atoms with Crippen LogP contribution in [0.3, 0.4) is 0 Å². The molecule has 2 radical (unpaired) electrons. The summed E-state index contributed by atoms with van der Waals surface area (Å²) in [6.07, 6.45) is 3.93. The quantitative estimate of drug-likeness (QED) is 0.438. The Labute approximate surface area is 144 Å². The Morgan fingerprint density at radius 1 is 1.33 bits per heavy atom. The number of hydrogen-bond donors (Lipinski definition) is 0. The van der Waals surface area contributed by atoms with Crippen molar-refractivity contribution in [3.05, 3.63) is 42.2 Å². The number of imidazole rings is 1. The highest BCUT2D eigenvalue weighted by atomic mass is 16.5. The molecule has 128 valence electrons. The van der Waals surface area contributed by atoms with E-state index in [9.17, 15) is 4.79 Å². The molecule has 5 nitrogen and oxygen atoms in total. The minimum absolute atomic E-state index is 0.00939. The maximum Gasteiger partial charge on any atom is 0.268 e. The van der Waals surface area contributed by atoms with Crippen LogP contribution < -0.4 is 15.0 Å². The summed E-state index contributed by atoms with van der Waals surface area (Å²) in [6, 6.07) is 7.82. The van der Waals surface area contributed by atoms with Gasteiger partial charge in [0.15, 0.2) is 0 Å². The smallest absolute Gasteiger partial charge is 0.268 e. The summed E-state index contributed by atoms with van der Waals surface area (Å²) >= 11 is 0. The number of hydrogen-bond acceptors (Lipinski definition) is 3. The van der Waals surface area contributed by atoms with Gasteiger partial charge in [-0.2, -0.15) is 7.28 Å². The zero-order valence-corrected chi connectivity index (χ0v) is 15.0. The standard InChI is InChI=1S/C18H25BN2O3/c1-6-24-17(22)16(19-18-20(3)11-12-21(18)4)13(2)14-7-9-15(23-5)10-8-14/h7-13,16H,6H2,1-5H3. The third-order valence-corrected chi connectivity index (χ3v) is 4.30. The first kappa shape index (κ1) is 18.1. The molecule has 1 aromatic carbocycles. The molecule has 0 fully saturated rings. The molecule has 0 N–H and O–H groups in total. The van der Waals surface area contributed by atoms with Crippen molar-refractivity contribution < 1.29 is 18.8 Å². The number of carbonyl (C=O) groups is 1. The highest BCUT2D eigenvalue weighted by Gasteiger charge is 2.21. The van der Waals surface area contributed by atoms with E-state index in [1.807, 2.05) is 81.0 Å². The van der Waals surface area contributed by atoms with Crippen molar-refractivity contribution in [1.29, 1.82) is 0 Å². The minimum Gasteiger partial charge on any atom is -0.497 e. The van der Waals surface area contributed by atoms with Crippen LogP contribution in [0.1, 0.15) is 25.3 Å². The molecule has 0 aliphatic heterocycles. The van der Waals surface area contributed by atoms with Crippen LogP contribution in [0.15, 0.2) is 36.7 Å². The second-order valence-corrected chi connectivity index (χ2v) is 5.88. The second-order valence-electron chi connectivity index (χ2n) is 5.88. The average Bonchev–Trinajstić information content (AvgIpc) is 2.90. The van der Waals surface area contributed by atoms with Crippen LogP contribution in [0.4, 0.5) is 0 Å². The van der Waals surface area contributed by atoms with E-state index in [2.05, 4.69) is 0 Å². The summed E-state index contributed by atoms with van der Waals surface area (Å²) in [5.74, 6) is 0.224. The highest BCUT2D eigenvalue weighted by Crippen LogP contribution is 2.30. The first-order chi connectivity index (χ1) is 11.5. The van der Waals surface area contributed by atoms with Gasteiger partial charge in [0.1, 0.15) is 18.1 Å². The third-order valence-electron chi connectivity index (χ3n) is 4.30. The fourth-order valence-electron chi connectivity index (χ4n) is 2.77. The molecule has 2 rings (SSSR count). The van der Waals surface area contributed by atoms with E-state index < -0.39 is 0 Å². The Kier molecular flexibility index (Phi) is 6.07. The summed E-state index contributed by atoms with van der Waals surface area (Å²) in [5, 5.41) is 0. The largest absolute Gasteiger partial charge is 0.497 e.